The molecule has 0 saturated carbocycles. The number of halogens is 3. The van der Waals surface area contributed by atoms with E-state index in [-0.39, 0.29) is 6.10 Å². The van der Waals surface area contributed by atoms with Crippen molar-refractivity contribution in [3.8, 4) is 11.1 Å². The van der Waals surface area contributed by atoms with Crippen molar-refractivity contribution in [2.75, 3.05) is 6.61 Å². The van der Waals surface area contributed by atoms with Gasteiger partial charge >= 0.3 is 0 Å². The van der Waals surface area contributed by atoms with Gasteiger partial charge in [0.1, 0.15) is 16.4 Å². The van der Waals surface area contributed by atoms with E-state index in [1.165, 1.54) is 0 Å². The molecule has 0 fully saturated rings. The van der Waals surface area contributed by atoms with Crippen molar-refractivity contribution in [2.24, 2.45) is 0 Å². The van der Waals surface area contributed by atoms with Crippen LogP contribution in [0.3, 0.4) is 0 Å². The van der Waals surface area contributed by atoms with Gasteiger partial charge in [0.2, 0.25) is 0 Å². The monoisotopic (exact) mass is 374 g/mol. The van der Waals surface area contributed by atoms with Crippen LogP contribution in [0.2, 0.25) is 10.3 Å². The van der Waals surface area contributed by atoms with Gasteiger partial charge in [-0.2, -0.15) is 0 Å². The average molecular weight is 376 g/mol. The van der Waals surface area contributed by atoms with Gasteiger partial charge in [-0.3, -0.25) is 0 Å². The first-order chi connectivity index (χ1) is 9.52. The normalized spacial score (nSPS) is 12.4. The molecule has 0 spiro atoms. The molecule has 2 rings (SSSR count). The van der Waals surface area contributed by atoms with Crippen molar-refractivity contribution in [2.45, 2.75) is 20.0 Å². The summed E-state index contributed by atoms with van der Waals surface area (Å²) in [6.07, 6.45) is -0.244. The highest BCUT2D eigenvalue weighted by atomic mass is 79.9. The fourth-order valence-corrected chi connectivity index (χ4v) is 2.83. The third kappa shape index (κ3) is 3.50. The van der Waals surface area contributed by atoms with Crippen LogP contribution in [0.4, 0.5) is 0 Å². The molecule has 2 aromatic rings. The van der Waals surface area contributed by atoms with Crippen LogP contribution in [0.25, 0.3) is 11.1 Å². The van der Waals surface area contributed by atoms with Gasteiger partial charge in [0.25, 0.3) is 0 Å². The van der Waals surface area contributed by atoms with E-state index in [9.17, 15) is 0 Å². The van der Waals surface area contributed by atoms with Crippen LogP contribution in [-0.2, 0) is 4.74 Å². The van der Waals surface area contributed by atoms with Gasteiger partial charge in [-0.15, -0.1) is 0 Å². The van der Waals surface area contributed by atoms with Crippen LogP contribution >= 0.6 is 39.1 Å². The quantitative estimate of drug-likeness (QED) is 0.679. The molecular weight excluding hydrogens is 363 g/mol. The molecule has 20 heavy (non-hydrogen) atoms. The van der Waals surface area contributed by atoms with Gasteiger partial charge in [0, 0.05) is 11.1 Å². The third-order valence-corrected chi connectivity index (χ3v) is 3.77. The minimum absolute atomic E-state index is 0.244. The van der Waals surface area contributed by atoms with Crippen LogP contribution in [0, 0.1) is 0 Å². The van der Waals surface area contributed by atoms with Gasteiger partial charge < -0.3 is 4.74 Å². The SMILES string of the molecule is CCOC(C)c1nc(Cl)c(-c2cccc(Br)c2)c(Cl)n1. The van der Waals surface area contributed by atoms with Crippen molar-refractivity contribution in [3.05, 3.63) is 44.9 Å². The Balaban J connectivity index is 2.46. The highest BCUT2D eigenvalue weighted by Gasteiger charge is 2.17. The summed E-state index contributed by atoms with van der Waals surface area (Å²) < 4.78 is 6.39. The summed E-state index contributed by atoms with van der Waals surface area (Å²) in [6.45, 7) is 4.35. The van der Waals surface area contributed by atoms with Gasteiger partial charge in [-0.05, 0) is 31.5 Å². The predicted molar refractivity (Wildman–Crippen MR) is 85.2 cm³/mol. The molecule has 1 unspecified atom stereocenters. The Hall–Kier alpha value is -0.680. The molecule has 3 nitrogen and oxygen atoms in total. The van der Waals surface area contributed by atoms with Crippen LogP contribution < -0.4 is 0 Å². The largest absolute Gasteiger partial charge is 0.371 e. The van der Waals surface area contributed by atoms with Gasteiger partial charge in [-0.1, -0.05) is 51.3 Å². The summed E-state index contributed by atoms with van der Waals surface area (Å²) in [4.78, 5) is 8.58. The summed E-state index contributed by atoms with van der Waals surface area (Å²) >= 11 is 15.9. The first-order valence-electron chi connectivity index (χ1n) is 6.13. The highest BCUT2D eigenvalue weighted by Crippen LogP contribution is 2.34. The third-order valence-electron chi connectivity index (χ3n) is 2.73. The number of benzene rings is 1. The maximum atomic E-state index is 6.26. The zero-order chi connectivity index (χ0) is 14.7. The average Bonchev–Trinajstić information content (AvgIpc) is 2.38. The lowest BCUT2D eigenvalue weighted by Gasteiger charge is -2.13. The minimum Gasteiger partial charge on any atom is -0.371 e. The summed E-state index contributed by atoms with van der Waals surface area (Å²) in [5.74, 6) is 0.487. The molecule has 1 aromatic heterocycles. The molecule has 0 aliphatic rings. The molecule has 0 radical (unpaired) electrons. The van der Waals surface area contributed by atoms with E-state index < -0.39 is 0 Å². The molecule has 1 aromatic carbocycles. The van der Waals surface area contributed by atoms with E-state index >= 15 is 0 Å². The van der Waals surface area contributed by atoms with E-state index in [1.807, 2.05) is 38.1 Å². The topological polar surface area (TPSA) is 35.0 Å². The van der Waals surface area contributed by atoms with Crippen molar-refractivity contribution in [3.63, 3.8) is 0 Å². The molecular formula is C14H13BrCl2N2O. The Labute approximate surface area is 136 Å². The number of rotatable bonds is 4. The fraction of sp³-hybridized carbons (Fsp3) is 0.286. The molecule has 6 heteroatoms. The summed E-state index contributed by atoms with van der Waals surface area (Å²) in [7, 11) is 0. The molecule has 106 valence electrons. The molecule has 0 bridgehead atoms. The molecule has 0 aliphatic heterocycles. The van der Waals surface area contributed by atoms with Crippen LogP contribution in [0.15, 0.2) is 28.7 Å². The lowest BCUT2D eigenvalue weighted by molar-refractivity contribution is 0.0701. The number of nitrogens with zero attached hydrogens (tertiary/aromatic N) is 2. The molecule has 1 atom stereocenters. The first kappa shape index (κ1) is 15.7. The van der Waals surface area contributed by atoms with E-state index in [4.69, 9.17) is 27.9 Å². The number of hydrogen-bond donors (Lipinski definition) is 0. The second-order valence-corrected chi connectivity index (χ2v) is 5.78. The van der Waals surface area contributed by atoms with Crippen LogP contribution in [0.5, 0.6) is 0 Å². The van der Waals surface area contributed by atoms with E-state index in [0.29, 0.717) is 28.3 Å². The highest BCUT2D eigenvalue weighted by molar-refractivity contribution is 9.10. The maximum absolute atomic E-state index is 6.26. The van der Waals surface area contributed by atoms with Crippen LogP contribution in [-0.4, -0.2) is 16.6 Å². The fourth-order valence-electron chi connectivity index (χ4n) is 1.81. The Morgan fingerprint density at radius 2 is 1.90 bits per heavy atom. The van der Waals surface area contributed by atoms with Crippen LogP contribution in [0.1, 0.15) is 25.8 Å². The lowest BCUT2D eigenvalue weighted by Crippen LogP contribution is -2.06. The number of aromatic nitrogens is 2. The van der Waals surface area contributed by atoms with E-state index in [0.717, 1.165) is 10.0 Å². The lowest BCUT2D eigenvalue weighted by atomic mass is 10.1. The molecule has 0 saturated heterocycles. The minimum atomic E-state index is -0.244. The second kappa shape index (κ2) is 6.85. The molecule has 0 N–H and O–H groups in total. The van der Waals surface area contributed by atoms with E-state index in [1.54, 1.807) is 0 Å². The van der Waals surface area contributed by atoms with Gasteiger partial charge in [0.05, 0.1) is 5.56 Å². The van der Waals surface area contributed by atoms with Crippen molar-refractivity contribution < 1.29 is 4.74 Å². The van der Waals surface area contributed by atoms with Crippen molar-refractivity contribution >= 4 is 39.1 Å². The standard InChI is InChI=1S/C14H13BrCl2N2O/c1-3-20-8(2)14-18-12(16)11(13(17)19-14)9-5-4-6-10(15)7-9/h4-8H,3H2,1-2H3. The smallest absolute Gasteiger partial charge is 0.160 e. The molecule has 1 heterocycles. The molecule has 0 amide bonds. The maximum Gasteiger partial charge on any atom is 0.160 e. The Morgan fingerprint density at radius 1 is 1.25 bits per heavy atom. The second-order valence-electron chi connectivity index (χ2n) is 4.15. The number of hydrogen-bond acceptors (Lipinski definition) is 3. The van der Waals surface area contributed by atoms with Gasteiger partial charge in [0.15, 0.2) is 5.82 Å². The van der Waals surface area contributed by atoms with Crippen molar-refractivity contribution in [1.29, 1.82) is 0 Å². The zero-order valence-corrected chi connectivity index (χ0v) is 14.1. The first-order valence-corrected chi connectivity index (χ1v) is 7.68. The number of ether oxygens (including phenoxy) is 1. The predicted octanol–water partition coefficient (Wildman–Crippen LogP) is 5.31. The summed E-state index contributed by atoms with van der Waals surface area (Å²) in [5, 5.41) is 0.648. The zero-order valence-electron chi connectivity index (χ0n) is 11.0. The molecule has 0 aliphatic carbocycles. The van der Waals surface area contributed by atoms with Crippen molar-refractivity contribution in [1.82, 2.24) is 9.97 Å². The summed E-state index contributed by atoms with van der Waals surface area (Å²) in [6, 6.07) is 7.66. The van der Waals surface area contributed by atoms with Gasteiger partial charge in [-0.25, -0.2) is 9.97 Å². The Bertz CT molecular complexity index is 599. The Morgan fingerprint density at radius 3 is 2.45 bits per heavy atom. The Kier molecular flexibility index (Phi) is 5.38. The summed E-state index contributed by atoms with van der Waals surface area (Å²) in [5.41, 5.74) is 1.49. The van der Waals surface area contributed by atoms with E-state index in [2.05, 4.69) is 25.9 Å².